The number of amides is 1. The van der Waals surface area contributed by atoms with Crippen molar-refractivity contribution in [2.75, 3.05) is 7.05 Å². The number of hydrogen-bond donors (Lipinski definition) is 1. The Bertz CT molecular complexity index is 791. The third-order valence-corrected chi connectivity index (χ3v) is 4.53. The van der Waals surface area contributed by atoms with Crippen LogP contribution < -0.4 is 0 Å². The number of rotatable bonds is 4. The Hall–Kier alpha value is -2.56. The number of carbonyl (C=O) groups is 2. The van der Waals surface area contributed by atoms with Gasteiger partial charge in [-0.25, -0.2) is 4.79 Å². The van der Waals surface area contributed by atoms with Crippen molar-refractivity contribution in [1.29, 1.82) is 0 Å². The van der Waals surface area contributed by atoms with Gasteiger partial charge in [-0.05, 0) is 61.9 Å². The van der Waals surface area contributed by atoms with E-state index in [2.05, 4.69) is 6.07 Å². The molecule has 2 aromatic rings. The van der Waals surface area contributed by atoms with Gasteiger partial charge < -0.3 is 14.4 Å². The Balaban J connectivity index is 1.75. The molecule has 5 heteroatoms. The molecule has 3 rings (SSSR count). The molecule has 1 aromatic carbocycles. The van der Waals surface area contributed by atoms with E-state index >= 15 is 0 Å². The molecule has 1 heterocycles. The van der Waals surface area contributed by atoms with Gasteiger partial charge in [-0.15, -0.1) is 0 Å². The van der Waals surface area contributed by atoms with Crippen LogP contribution in [0.15, 0.2) is 28.7 Å². The number of nitrogens with zero attached hydrogens (tertiary/aromatic N) is 1. The van der Waals surface area contributed by atoms with Crippen molar-refractivity contribution in [3.05, 3.63) is 58.0 Å². The van der Waals surface area contributed by atoms with E-state index in [-0.39, 0.29) is 18.0 Å². The number of carboxylic acids is 1. The van der Waals surface area contributed by atoms with Crippen molar-refractivity contribution in [3.63, 3.8) is 0 Å². The summed E-state index contributed by atoms with van der Waals surface area (Å²) in [5, 5.41) is 9.07. The lowest BCUT2D eigenvalue weighted by atomic mass is 9.90. The van der Waals surface area contributed by atoms with Crippen LogP contribution in [0.5, 0.6) is 0 Å². The number of hydrogen-bond acceptors (Lipinski definition) is 3. The highest BCUT2D eigenvalue weighted by Gasteiger charge is 2.19. The minimum absolute atomic E-state index is 0.0886. The molecular weight excluding hydrogens is 306 g/mol. The first-order valence-corrected chi connectivity index (χ1v) is 8.15. The summed E-state index contributed by atoms with van der Waals surface area (Å²) in [5.41, 5.74) is 3.41. The van der Waals surface area contributed by atoms with Crippen molar-refractivity contribution in [1.82, 2.24) is 4.90 Å². The molecule has 0 radical (unpaired) electrons. The van der Waals surface area contributed by atoms with Gasteiger partial charge in [-0.3, -0.25) is 4.79 Å². The van der Waals surface area contributed by atoms with Gasteiger partial charge in [-0.2, -0.15) is 0 Å². The predicted octanol–water partition coefficient (Wildman–Crippen LogP) is 3.44. The SMILES string of the molecule is Cc1oc(CN(C)C(=O)c2ccc3c(c2)CCCC3)cc1C(=O)O. The van der Waals surface area contributed by atoms with Gasteiger partial charge in [0.25, 0.3) is 5.91 Å². The van der Waals surface area contributed by atoms with E-state index in [4.69, 9.17) is 9.52 Å². The topological polar surface area (TPSA) is 70.8 Å². The second kappa shape index (κ2) is 6.51. The van der Waals surface area contributed by atoms with E-state index in [1.54, 1.807) is 18.9 Å². The maximum absolute atomic E-state index is 12.6. The van der Waals surface area contributed by atoms with E-state index in [1.807, 2.05) is 12.1 Å². The molecule has 24 heavy (non-hydrogen) atoms. The normalized spacial score (nSPS) is 13.4. The molecule has 126 valence electrons. The van der Waals surface area contributed by atoms with Gasteiger partial charge >= 0.3 is 5.97 Å². The molecule has 1 N–H and O–H groups in total. The van der Waals surface area contributed by atoms with Crippen molar-refractivity contribution >= 4 is 11.9 Å². The van der Waals surface area contributed by atoms with Crippen LogP contribution in [-0.2, 0) is 19.4 Å². The van der Waals surface area contributed by atoms with Crippen LogP contribution in [0.1, 0.15) is 56.2 Å². The number of furan rings is 1. The first-order valence-electron chi connectivity index (χ1n) is 8.15. The van der Waals surface area contributed by atoms with Gasteiger partial charge in [0.05, 0.1) is 6.54 Å². The second-order valence-corrected chi connectivity index (χ2v) is 6.34. The zero-order chi connectivity index (χ0) is 17.3. The van der Waals surface area contributed by atoms with E-state index in [0.717, 1.165) is 12.8 Å². The minimum atomic E-state index is -1.02. The first kappa shape index (κ1) is 16.3. The summed E-state index contributed by atoms with van der Waals surface area (Å²) < 4.78 is 5.45. The number of fused-ring (bicyclic) bond motifs is 1. The second-order valence-electron chi connectivity index (χ2n) is 6.34. The standard InChI is InChI=1S/C19H21NO4/c1-12-17(19(22)23)10-16(24-12)11-20(2)18(21)15-8-7-13-5-3-4-6-14(13)9-15/h7-10H,3-6,11H2,1-2H3,(H,22,23). The van der Waals surface area contributed by atoms with Gasteiger partial charge in [-0.1, -0.05) is 6.07 Å². The molecule has 1 amide bonds. The zero-order valence-electron chi connectivity index (χ0n) is 14.0. The maximum Gasteiger partial charge on any atom is 0.339 e. The number of aromatic carboxylic acids is 1. The summed E-state index contributed by atoms with van der Waals surface area (Å²) in [6.07, 6.45) is 4.50. The molecule has 5 nitrogen and oxygen atoms in total. The number of carboxylic acid groups (broad SMARTS) is 1. The molecule has 0 bridgehead atoms. The van der Waals surface area contributed by atoms with Crippen LogP contribution in [0.25, 0.3) is 0 Å². The molecule has 0 spiro atoms. The van der Waals surface area contributed by atoms with Crippen LogP contribution in [0.2, 0.25) is 0 Å². The zero-order valence-corrected chi connectivity index (χ0v) is 14.0. The van der Waals surface area contributed by atoms with Crippen LogP contribution in [0.3, 0.4) is 0 Å². The highest BCUT2D eigenvalue weighted by atomic mass is 16.4. The number of carbonyl (C=O) groups excluding carboxylic acids is 1. The summed E-state index contributed by atoms with van der Waals surface area (Å²) in [5.74, 6) is -0.286. The fourth-order valence-corrected chi connectivity index (χ4v) is 3.23. The first-order chi connectivity index (χ1) is 11.5. The third-order valence-electron chi connectivity index (χ3n) is 4.53. The van der Waals surface area contributed by atoms with Gasteiger partial charge in [0.15, 0.2) is 0 Å². The predicted molar refractivity (Wildman–Crippen MR) is 89.3 cm³/mol. The lowest BCUT2D eigenvalue weighted by Crippen LogP contribution is -2.26. The van der Waals surface area contributed by atoms with Crippen molar-refractivity contribution in [3.8, 4) is 0 Å². The fraction of sp³-hybridized carbons (Fsp3) is 0.368. The molecule has 1 aliphatic rings. The van der Waals surface area contributed by atoms with E-state index < -0.39 is 5.97 Å². The largest absolute Gasteiger partial charge is 0.478 e. The molecule has 1 aliphatic carbocycles. The molecule has 1 aromatic heterocycles. The maximum atomic E-state index is 12.6. The molecule has 0 saturated carbocycles. The molecule has 0 unspecified atom stereocenters. The van der Waals surface area contributed by atoms with Crippen LogP contribution in [0.4, 0.5) is 0 Å². The van der Waals surface area contributed by atoms with E-state index in [9.17, 15) is 9.59 Å². The van der Waals surface area contributed by atoms with Crippen LogP contribution in [0, 0.1) is 6.92 Å². The third kappa shape index (κ3) is 3.20. The summed E-state index contributed by atoms with van der Waals surface area (Å²) in [6.45, 7) is 1.85. The van der Waals surface area contributed by atoms with Crippen LogP contribution >= 0.6 is 0 Å². The van der Waals surface area contributed by atoms with E-state index in [1.165, 1.54) is 30.0 Å². The molecule has 0 aliphatic heterocycles. The molecular formula is C19H21NO4. The number of aryl methyl sites for hydroxylation is 3. The Morgan fingerprint density at radius 2 is 1.88 bits per heavy atom. The lowest BCUT2D eigenvalue weighted by molar-refractivity contribution is 0.0694. The van der Waals surface area contributed by atoms with Gasteiger partial charge in [0.1, 0.15) is 17.1 Å². The molecule has 0 fully saturated rings. The minimum Gasteiger partial charge on any atom is -0.478 e. The number of benzene rings is 1. The average Bonchev–Trinajstić information content (AvgIpc) is 2.94. The monoisotopic (exact) mass is 327 g/mol. The Kier molecular flexibility index (Phi) is 4.42. The molecule has 0 saturated heterocycles. The summed E-state index contributed by atoms with van der Waals surface area (Å²) in [7, 11) is 1.69. The van der Waals surface area contributed by atoms with Crippen molar-refractivity contribution < 1.29 is 19.1 Å². The lowest BCUT2D eigenvalue weighted by Gasteiger charge is -2.19. The quantitative estimate of drug-likeness (QED) is 0.934. The highest BCUT2D eigenvalue weighted by molar-refractivity contribution is 5.94. The summed E-state index contributed by atoms with van der Waals surface area (Å²) >= 11 is 0. The average molecular weight is 327 g/mol. The van der Waals surface area contributed by atoms with Gasteiger partial charge in [0.2, 0.25) is 0 Å². The summed E-state index contributed by atoms with van der Waals surface area (Å²) in [6, 6.07) is 7.39. The van der Waals surface area contributed by atoms with Crippen LogP contribution in [-0.4, -0.2) is 28.9 Å². The Morgan fingerprint density at radius 3 is 2.54 bits per heavy atom. The van der Waals surface area contributed by atoms with E-state index in [0.29, 0.717) is 17.1 Å². The smallest absolute Gasteiger partial charge is 0.339 e. The highest BCUT2D eigenvalue weighted by Crippen LogP contribution is 2.23. The fourth-order valence-electron chi connectivity index (χ4n) is 3.23. The van der Waals surface area contributed by atoms with Gasteiger partial charge in [0, 0.05) is 12.6 Å². The Labute approximate surface area is 140 Å². The molecule has 0 atom stereocenters. The van der Waals surface area contributed by atoms with Crippen molar-refractivity contribution in [2.45, 2.75) is 39.2 Å². The van der Waals surface area contributed by atoms with Crippen molar-refractivity contribution in [2.24, 2.45) is 0 Å². The summed E-state index contributed by atoms with van der Waals surface area (Å²) in [4.78, 5) is 25.3. The Morgan fingerprint density at radius 1 is 1.17 bits per heavy atom.